The summed E-state index contributed by atoms with van der Waals surface area (Å²) in [5, 5.41) is 0. The van der Waals surface area contributed by atoms with Gasteiger partial charge < -0.3 is 9.40 Å². The summed E-state index contributed by atoms with van der Waals surface area (Å²) in [4.78, 5) is 3.65. The zero-order chi connectivity index (χ0) is 5.98. The topological polar surface area (TPSA) is 26.0 Å². The monoisotopic (exact) mass is 195 g/mol. The standard InChI is InChI=1S/C6H8NO.Rb/c1-5(2)6-3-7-4-8-6;/h3,5H,1-2H3;/q-1;+1. The van der Waals surface area contributed by atoms with Crippen LogP contribution in [0.2, 0.25) is 0 Å². The zero-order valence-corrected chi connectivity index (χ0v) is 10.9. The van der Waals surface area contributed by atoms with Crippen molar-refractivity contribution < 1.29 is 62.6 Å². The second-order valence-electron chi connectivity index (χ2n) is 2.01. The van der Waals surface area contributed by atoms with Gasteiger partial charge in [0.25, 0.3) is 0 Å². The maximum absolute atomic E-state index is 4.86. The molecule has 1 aromatic rings. The minimum absolute atomic E-state index is 0. The van der Waals surface area contributed by atoms with Crippen molar-refractivity contribution in [2.24, 2.45) is 0 Å². The Morgan fingerprint density at radius 3 is 2.56 bits per heavy atom. The Balaban J connectivity index is 0.000000640. The van der Waals surface area contributed by atoms with E-state index in [4.69, 9.17) is 4.42 Å². The van der Waals surface area contributed by atoms with Gasteiger partial charge in [0.2, 0.25) is 0 Å². The molecule has 0 aromatic carbocycles. The van der Waals surface area contributed by atoms with Gasteiger partial charge in [-0.25, -0.2) is 0 Å². The summed E-state index contributed by atoms with van der Waals surface area (Å²) in [5.41, 5.74) is 0. The van der Waals surface area contributed by atoms with E-state index in [1.807, 2.05) is 13.8 Å². The van der Waals surface area contributed by atoms with Crippen LogP contribution >= 0.6 is 0 Å². The number of oxazole rings is 1. The molecule has 9 heavy (non-hydrogen) atoms. The second-order valence-corrected chi connectivity index (χ2v) is 2.01. The van der Waals surface area contributed by atoms with E-state index in [2.05, 4.69) is 11.4 Å². The van der Waals surface area contributed by atoms with Crippen molar-refractivity contribution in [3.8, 4) is 0 Å². The van der Waals surface area contributed by atoms with E-state index in [1.54, 1.807) is 6.20 Å². The van der Waals surface area contributed by atoms with Crippen LogP contribution in [0.3, 0.4) is 0 Å². The summed E-state index contributed by atoms with van der Waals surface area (Å²) in [7, 11) is 0. The molecule has 0 aliphatic heterocycles. The van der Waals surface area contributed by atoms with Crippen molar-refractivity contribution in [2.75, 3.05) is 0 Å². The van der Waals surface area contributed by atoms with E-state index in [-0.39, 0.29) is 58.2 Å². The van der Waals surface area contributed by atoms with Gasteiger partial charge in [-0.2, -0.15) is 0 Å². The number of aromatic nitrogens is 1. The van der Waals surface area contributed by atoms with Crippen molar-refractivity contribution in [2.45, 2.75) is 19.8 Å². The Bertz CT molecular complexity index is 148. The van der Waals surface area contributed by atoms with Crippen LogP contribution in [0, 0.1) is 6.39 Å². The SMILES string of the molecule is CC(C)c1cn[c-]o1.[Rb+]. The van der Waals surface area contributed by atoms with Crippen LogP contribution < -0.4 is 58.2 Å². The average molecular weight is 196 g/mol. The van der Waals surface area contributed by atoms with Gasteiger partial charge in [0.05, 0.1) is 0 Å². The number of hydrogen-bond acceptors (Lipinski definition) is 2. The molecule has 0 bridgehead atoms. The Kier molecular flexibility index (Phi) is 5.31. The van der Waals surface area contributed by atoms with Gasteiger partial charge in [-0.1, -0.05) is 20.0 Å². The molecule has 1 heterocycles. The minimum Gasteiger partial charge on any atom is -0.578 e. The van der Waals surface area contributed by atoms with Gasteiger partial charge in [0.15, 0.2) is 0 Å². The van der Waals surface area contributed by atoms with Crippen LogP contribution in [0.25, 0.3) is 0 Å². The quantitative estimate of drug-likeness (QED) is 0.516. The first-order chi connectivity index (χ1) is 3.80. The molecule has 1 aromatic heterocycles. The fraction of sp³-hybridized carbons (Fsp3) is 0.500. The maximum atomic E-state index is 4.86. The first kappa shape index (κ1) is 10.0. The van der Waals surface area contributed by atoms with Gasteiger partial charge in [-0.3, -0.25) is 0 Å². The third kappa shape index (κ3) is 3.07. The van der Waals surface area contributed by atoms with Crippen molar-refractivity contribution in [1.29, 1.82) is 0 Å². The fourth-order valence-electron chi connectivity index (χ4n) is 0.462. The molecule has 0 radical (unpaired) electrons. The average Bonchev–Trinajstić information content (AvgIpc) is 2.12. The van der Waals surface area contributed by atoms with E-state index in [0.717, 1.165) is 5.76 Å². The molecular formula is C6H8NORb. The molecule has 0 aliphatic rings. The Hall–Kier alpha value is 1.02. The molecule has 0 atom stereocenters. The number of rotatable bonds is 1. The Morgan fingerprint density at radius 2 is 2.33 bits per heavy atom. The first-order valence-corrected chi connectivity index (χ1v) is 2.62. The molecule has 0 saturated carbocycles. The number of nitrogens with zero attached hydrogens (tertiary/aromatic N) is 1. The van der Waals surface area contributed by atoms with E-state index < -0.39 is 0 Å². The molecule has 2 nitrogen and oxygen atoms in total. The normalized spacial score (nSPS) is 9.22. The number of hydrogen-bond donors (Lipinski definition) is 0. The van der Waals surface area contributed by atoms with E-state index in [9.17, 15) is 0 Å². The van der Waals surface area contributed by atoms with Crippen LogP contribution in [0.5, 0.6) is 0 Å². The molecule has 0 fully saturated rings. The summed E-state index contributed by atoms with van der Waals surface area (Å²) >= 11 is 0. The Labute approximate surface area is 104 Å². The first-order valence-electron chi connectivity index (χ1n) is 2.62. The van der Waals surface area contributed by atoms with Crippen molar-refractivity contribution in [3.63, 3.8) is 0 Å². The van der Waals surface area contributed by atoms with Gasteiger partial charge in [-0.05, 0) is 11.7 Å². The Morgan fingerprint density at radius 1 is 1.67 bits per heavy atom. The predicted octanol–water partition coefficient (Wildman–Crippen LogP) is -1.40. The summed E-state index contributed by atoms with van der Waals surface area (Å²) in [5.74, 6) is 1.32. The van der Waals surface area contributed by atoms with E-state index in [1.165, 1.54) is 0 Å². The molecule has 0 amide bonds. The van der Waals surface area contributed by atoms with Gasteiger partial charge in [0.1, 0.15) is 6.39 Å². The van der Waals surface area contributed by atoms with Gasteiger partial charge >= 0.3 is 58.2 Å². The molecule has 44 valence electrons. The fourth-order valence-corrected chi connectivity index (χ4v) is 0.462. The van der Waals surface area contributed by atoms with E-state index in [0.29, 0.717) is 5.92 Å². The summed E-state index contributed by atoms with van der Waals surface area (Å²) in [6.45, 7) is 4.10. The van der Waals surface area contributed by atoms with Crippen LogP contribution in [-0.4, -0.2) is 4.98 Å². The molecule has 1 rings (SSSR count). The minimum atomic E-state index is 0. The van der Waals surface area contributed by atoms with Gasteiger partial charge in [-0.15, -0.1) is 0 Å². The molecule has 0 spiro atoms. The van der Waals surface area contributed by atoms with Gasteiger partial charge in [0, 0.05) is 0 Å². The van der Waals surface area contributed by atoms with Crippen LogP contribution in [0.1, 0.15) is 25.5 Å². The van der Waals surface area contributed by atoms with Crippen molar-refractivity contribution in [3.05, 3.63) is 18.4 Å². The van der Waals surface area contributed by atoms with Crippen LogP contribution in [0.4, 0.5) is 0 Å². The van der Waals surface area contributed by atoms with E-state index >= 15 is 0 Å². The summed E-state index contributed by atoms with van der Waals surface area (Å²) in [6, 6.07) is 0. The summed E-state index contributed by atoms with van der Waals surface area (Å²) < 4.78 is 4.86. The smallest absolute Gasteiger partial charge is 0.578 e. The second kappa shape index (κ2) is 4.77. The third-order valence-electron chi connectivity index (χ3n) is 0.977. The van der Waals surface area contributed by atoms with Crippen LogP contribution in [-0.2, 0) is 0 Å². The molecule has 0 N–H and O–H groups in total. The van der Waals surface area contributed by atoms with Crippen LogP contribution in [0.15, 0.2) is 10.6 Å². The molecular weight excluding hydrogens is 188 g/mol. The largest absolute Gasteiger partial charge is 1.00 e. The molecule has 0 saturated heterocycles. The summed E-state index contributed by atoms with van der Waals surface area (Å²) in [6.07, 6.45) is 4.07. The zero-order valence-electron chi connectivity index (χ0n) is 6.01. The third-order valence-corrected chi connectivity index (χ3v) is 0.977. The maximum Gasteiger partial charge on any atom is 1.00 e. The molecule has 0 unspecified atom stereocenters. The predicted molar refractivity (Wildman–Crippen MR) is 29.4 cm³/mol. The van der Waals surface area contributed by atoms with Crippen molar-refractivity contribution in [1.82, 2.24) is 4.98 Å². The molecule has 0 aliphatic carbocycles. The van der Waals surface area contributed by atoms with Crippen molar-refractivity contribution >= 4 is 0 Å². The molecule has 3 heteroatoms.